The zero-order chi connectivity index (χ0) is 15.6. The highest BCUT2D eigenvalue weighted by Gasteiger charge is 2.14. The monoisotopic (exact) mass is 294 g/mol. The highest BCUT2D eigenvalue weighted by Crippen LogP contribution is 2.06. The maximum absolute atomic E-state index is 12.1. The molecule has 2 heterocycles. The summed E-state index contributed by atoms with van der Waals surface area (Å²) < 4.78 is 8.82. The number of nitrogens with zero attached hydrogens (tertiary/aromatic N) is 4. The van der Waals surface area contributed by atoms with Crippen molar-refractivity contribution >= 4 is 17.1 Å². The van der Waals surface area contributed by atoms with Crippen LogP contribution >= 0.6 is 0 Å². The Labute approximate surface area is 120 Å². The van der Waals surface area contributed by atoms with Crippen LogP contribution < -0.4 is 11.2 Å². The molecule has 0 saturated carbocycles. The molecular formula is C13H18N4O4. The fourth-order valence-corrected chi connectivity index (χ4v) is 2.03. The van der Waals surface area contributed by atoms with Gasteiger partial charge in [0.25, 0.3) is 5.56 Å². The molecule has 2 aromatic heterocycles. The maximum Gasteiger partial charge on any atom is 0.332 e. The number of hydrogen-bond donors (Lipinski definition) is 0. The third-order valence-electron chi connectivity index (χ3n) is 3.32. The second kappa shape index (κ2) is 5.94. The van der Waals surface area contributed by atoms with Crippen molar-refractivity contribution in [2.45, 2.75) is 32.9 Å². The predicted molar refractivity (Wildman–Crippen MR) is 75.8 cm³/mol. The summed E-state index contributed by atoms with van der Waals surface area (Å²) in [6.45, 7) is 1.90. The van der Waals surface area contributed by atoms with Gasteiger partial charge in [0.05, 0.1) is 0 Å². The van der Waals surface area contributed by atoms with Crippen LogP contribution in [0.3, 0.4) is 0 Å². The molecule has 114 valence electrons. The number of aromatic nitrogens is 4. The summed E-state index contributed by atoms with van der Waals surface area (Å²) in [5.74, 6) is -0.319. The van der Waals surface area contributed by atoms with Crippen molar-refractivity contribution in [2.24, 2.45) is 14.1 Å². The Morgan fingerprint density at radius 3 is 2.67 bits per heavy atom. The van der Waals surface area contributed by atoms with Crippen LogP contribution in [0.2, 0.25) is 0 Å². The molecule has 0 radical (unpaired) electrons. The molecule has 0 fully saturated rings. The molecule has 8 heteroatoms. The van der Waals surface area contributed by atoms with Crippen LogP contribution in [0.15, 0.2) is 15.9 Å². The molecule has 2 aromatic rings. The SMILES string of the molecule is CCCCC(=O)OCn1cnc2c1c(=O)n(C)c(=O)n2C. The predicted octanol–water partition coefficient (Wildman–Crippen LogP) is 0.125. The van der Waals surface area contributed by atoms with Crippen LogP contribution in [0.25, 0.3) is 11.2 Å². The Morgan fingerprint density at radius 2 is 2.00 bits per heavy atom. The average molecular weight is 294 g/mol. The van der Waals surface area contributed by atoms with Gasteiger partial charge in [0.2, 0.25) is 0 Å². The topological polar surface area (TPSA) is 88.1 Å². The molecule has 0 aliphatic rings. The van der Waals surface area contributed by atoms with Crippen LogP contribution in [0.5, 0.6) is 0 Å². The van der Waals surface area contributed by atoms with Gasteiger partial charge < -0.3 is 4.74 Å². The van der Waals surface area contributed by atoms with Crippen LogP contribution in [0.1, 0.15) is 26.2 Å². The number of imidazole rings is 1. The quantitative estimate of drug-likeness (QED) is 0.731. The molecule has 0 aromatic carbocycles. The van der Waals surface area contributed by atoms with Gasteiger partial charge in [-0.25, -0.2) is 9.78 Å². The first-order valence-corrected chi connectivity index (χ1v) is 6.73. The number of aryl methyl sites for hydroxylation is 1. The number of fused-ring (bicyclic) bond motifs is 1. The summed E-state index contributed by atoms with van der Waals surface area (Å²) in [6.07, 6.45) is 3.41. The average Bonchev–Trinajstić information content (AvgIpc) is 2.90. The molecule has 0 spiro atoms. The highest BCUT2D eigenvalue weighted by molar-refractivity contribution is 5.71. The van der Waals surface area contributed by atoms with Gasteiger partial charge in [-0.1, -0.05) is 13.3 Å². The van der Waals surface area contributed by atoms with Crippen molar-refractivity contribution in [3.8, 4) is 0 Å². The molecule has 0 unspecified atom stereocenters. The fraction of sp³-hybridized carbons (Fsp3) is 0.538. The van der Waals surface area contributed by atoms with E-state index in [4.69, 9.17) is 4.74 Å². The van der Waals surface area contributed by atoms with Gasteiger partial charge in [-0.2, -0.15) is 0 Å². The van der Waals surface area contributed by atoms with E-state index < -0.39 is 11.2 Å². The lowest BCUT2D eigenvalue weighted by Crippen LogP contribution is -2.37. The molecule has 0 amide bonds. The molecule has 21 heavy (non-hydrogen) atoms. The van der Waals surface area contributed by atoms with Gasteiger partial charge in [0.1, 0.15) is 6.33 Å². The number of esters is 1. The largest absolute Gasteiger partial charge is 0.444 e. The first-order valence-electron chi connectivity index (χ1n) is 6.73. The van der Waals surface area contributed by atoms with Gasteiger partial charge in [0, 0.05) is 20.5 Å². The summed E-state index contributed by atoms with van der Waals surface area (Å²) in [4.78, 5) is 39.5. The third kappa shape index (κ3) is 2.74. The minimum Gasteiger partial charge on any atom is -0.444 e. The Morgan fingerprint density at radius 1 is 1.29 bits per heavy atom. The van der Waals surface area contributed by atoms with Gasteiger partial charge in [-0.05, 0) is 6.42 Å². The van der Waals surface area contributed by atoms with Crippen LogP contribution in [0.4, 0.5) is 0 Å². The van der Waals surface area contributed by atoms with Gasteiger partial charge in [-0.15, -0.1) is 0 Å². The molecule has 0 saturated heterocycles. The van der Waals surface area contributed by atoms with E-state index in [9.17, 15) is 14.4 Å². The molecule has 0 N–H and O–H groups in total. The fourth-order valence-electron chi connectivity index (χ4n) is 2.03. The van der Waals surface area contributed by atoms with E-state index in [-0.39, 0.29) is 23.9 Å². The molecule has 0 atom stereocenters. The van der Waals surface area contributed by atoms with Crippen LogP contribution in [-0.4, -0.2) is 24.7 Å². The van der Waals surface area contributed by atoms with Gasteiger partial charge >= 0.3 is 11.7 Å². The summed E-state index contributed by atoms with van der Waals surface area (Å²) in [5, 5.41) is 0. The van der Waals surface area contributed by atoms with E-state index in [1.54, 1.807) is 0 Å². The zero-order valence-electron chi connectivity index (χ0n) is 12.3. The molecule has 2 rings (SSSR count). The Hall–Kier alpha value is -2.38. The number of rotatable bonds is 5. The minimum absolute atomic E-state index is 0.0908. The van der Waals surface area contributed by atoms with E-state index in [1.165, 1.54) is 29.6 Å². The number of carbonyl (C=O) groups excluding carboxylic acids is 1. The van der Waals surface area contributed by atoms with E-state index in [0.29, 0.717) is 6.42 Å². The number of hydrogen-bond acceptors (Lipinski definition) is 5. The molecular weight excluding hydrogens is 276 g/mol. The van der Waals surface area contributed by atoms with Crippen LogP contribution in [0, 0.1) is 0 Å². The second-order valence-corrected chi connectivity index (χ2v) is 4.84. The Bertz CT molecular complexity index is 784. The van der Waals surface area contributed by atoms with E-state index in [1.807, 2.05) is 6.92 Å². The molecule has 8 nitrogen and oxygen atoms in total. The highest BCUT2D eigenvalue weighted by atomic mass is 16.5. The lowest BCUT2D eigenvalue weighted by atomic mass is 10.3. The van der Waals surface area contributed by atoms with Crippen molar-refractivity contribution in [1.82, 2.24) is 18.7 Å². The van der Waals surface area contributed by atoms with E-state index >= 15 is 0 Å². The smallest absolute Gasteiger partial charge is 0.332 e. The van der Waals surface area contributed by atoms with Crippen molar-refractivity contribution in [2.75, 3.05) is 0 Å². The standard InChI is InChI=1S/C13H18N4O4/c1-4-5-6-9(18)21-8-17-7-14-11-10(17)12(19)16(3)13(20)15(11)2/h7H,4-6,8H2,1-3H3. The first-order chi connectivity index (χ1) is 9.97. The third-order valence-corrected chi connectivity index (χ3v) is 3.32. The zero-order valence-corrected chi connectivity index (χ0v) is 12.3. The number of carbonyl (C=O) groups is 1. The summed E-state index contributed by atoms with van der Waals surface area (Å²) in [7, 11) is 2.93. The first kappa shape index (κ1) is 15.0. The van der Waals surface area contributed by atoms with Gasteiger partial charge in [-0.3, -0.25) is 23.3 Å². The van der Waals surface area contributed by atoms with E-state index in [2.05, 4.69) is 4.98 Å². The van der Waals surface area contributed by atoms with Crippen molar-refractivity contribution < 1.29 is 9.53 Å². The summed E-state index contributed by atoms with van der Waals surface area (Å²) in [6, 6.07) is 0. The Balaban J connectivity index is 2.33. The lowest BCUT2D eigenvalue weighted by molar-refractivity contribution is -0.147. The van der Waals surface area contributed by atoms with Crippen molar-refractivity contribution in [3.05, 3.63) is 27.2 Å². The molecule has 0 aliphatic heterocycles. The van der Waals surface area contributed by atoms with Crippen molar-refractivity contribution in [1.29, 1.82) is 0 Å². The number of ether oxygens (including phenoxy) is 1. The maximum atomic E-state index is 12.1. The Kier molecular flexibility index (Phi) is 4.25. The molecule has 0 aliphatic carbocycles. The lowest BCUT2D eigenvalue weighted by Gasteiger charge is -2.07. The van der Waals surface area contributed by atoms with Gasteiger partial charge in [0.15, 0.2) is 17.9 Å². The van der Waals surface area contributed by atoms with Crippen LogP contribution in [-0.2, 0) is 30.4 Å². The molecule has 0 bridgehead atoms. The second-order valence-electron chi connectivity index (χ2n) is 4.84. The minimum atomic E-state index is -0.463. The number of unbranched alkanes of at least 4 members (excludes halogenated alkanes) is 1. The van der Waals surface area contributed by atoms with E-state index in [0.717, 1.165) is 17.4 Å². The normalized spacial score (nSPS) is 11.0. The summed E-state index contributed by atoms with van der Waals surface area (Å²) >= 11 is 0. The van der Waals surface area contributed by atoms with Crippen molar-refractivity contribution in [3.63, 3.8) is 0 Å². The summed E-state index contributed by atoms with van der Waals surface area (Å²) in [5.41, 5.74) is -0.400.